The summed E-state index contributed by atoms with van der Waals surface area (Å²) >= 11 is 0. The molecule has 0 spiro atoms. The number of ether oxygens (including phenoxy) is 2. The fourth-order valence-corrected chi connectivity index (χ4v) is 11.0. The monoisotopic (exact) mass is 859 g/mol. The van der Waals surface area contributed by atoms with Gasteiger partial charge in [0.15, 0.2) is 0 Å². The molecule has 1 fully saturated rings. The molecular formula is C43H55F2N9O6Si. The standard InChI is InChI=1S/C43H55F2N9O6Si/c1-24(2)35(51-42(57)59-5)40(55)53(18-17-45)33(15-16-44)39-48-31-14-10-27-19-26(9-12-29(27)37(31)50-39)28-11-13-30(46-20-28)32-21-47-38(49-32)34-22-61(7,8)23-54(34)41(56)36(25(3)4)52-43(58)60-6/h9-14,19-21,24-25,33-36H,15-18,22-23H2,1-8H3,(H,47,49)(H,48,50)(H,51,57)(H,52,58)/t33-,34-,35-,36-/m0/s1. The van der Waals surface area contributed by atoms with E-state index < -0.39 is 57.6 Å². The first-order valence-electron chi connectivity index (χ1n) is 20.5. The number of hydrogen-bond acceptors (Lipinski definition) is 9. The van der Waals surface area contributed by atoms with E-state index in [1.165, 1.54) is 19.1 Å². The van der Waals surface area contributed by atoms with Gasteiger partial charge in [0.05, 0.1) is 69.7 Å². The first-order chi connectivity index (χ1) is 29.1. The third kappa shape index (κ3) is 9.69. The molecule has 4 atom stereocenters. The fourth-order valence-electron chi connectivity index (χ4n) is 8.07. The molecule has 1 saturated heterocycles. The number of halogens is 2. The van der Waals surface area contributed by atoms with Crippen molar-refractivity contribution in [1.29, 1.82) is 0 Å². The number of carbonyl (C=O) groups excluding carboxylic acids is 4. The third-order valence-electron chi connectivity index (χ3n) is 11.2. The molecule has 5 aromatic rings. The number of hydrogen-bond donors (Lipinski definition) is 4. The van der Waals surface area contributed by atoms with Crippen molar-refractivity contribution in [3.63, 3.8) is 0 Å². The van der Waals surface area contributed by atoms with Crippen LogP contribution in [0, 0.1) is 11.8 Å². The zero-order chi connectivity index (χ0) is 44.2. The molecule has 61 heavy (non-hydrogen) atoms. The SMILES string of the molecule is COC(=O)N[C@H](C(=O)N1C[Si](C)(C)C[C@H]1c1ncc(-c2ccc(-c3ccc4c(ccc5[nH]c([C@H](CCF)N(CCF)C(=O)[C@@H](NC(=O)OC)C(C)C)nc54)c3)cn2)[nH]1)C(C)C. The van der Waals surface area contributed by atoms with Gasteiger partial charge in [0.2, 0.25) is 11.8 Å². The van der Waals surface area contributed by atoms with Gasteiger partial charge in [-0.1, -0.05) is 65.1 Å². The van der Waals surface area contributed by atoms with Gasteiger partial charge in [-0.2, -0.15) is 0 Å². The lowest BCUT2D eigenvalue weighted by Gasteiger charge is -2.33. The second kappa shape index (κ2) is 18.8. The van der Waals surface area contributed by atoms with Gasteiger partial charge < -0.3 is 39.9 Å². The summed E-state index contributed by atoms with van der Waals surface area (Å²) in [5.41, 5.74) is 4.44. The Bertz CT molecular complexity index is 2370. The van der Waals surface area contributed by atoms with Crippen LogP contribution in [0.4, 0.5) is 18.4 Å². The first kappa shape index (κ1) is 44.6. The van der Waals surface area contributed by atoms with E-state index in [9.17, 15) is 28.0 Å². The van der Waals surface area contributed by atoms with Gasteiger partial charge in [-0.15, -0.1) is 0 Å². The van der Waals surface area contributed by atoms with Crippen LogP contribution in [0.15, 0.2) is 54.9 Å². The molecular weight excluding hydrogens is 805 g/mol. The highest BCUT2D eigenvalue weighted by molar-refractivity contribution is 6.78. The number of carbonyl (C=O) groups is 4. The molecule has 1 aliphatic rings. The first-order valence-corrected chi connectivity index (χ1v) is 23.9. The number of amides is 4. The summed E-state index contributed by atoms with van der Waals surface area (Å²) in [7, 11) is 0.665. The molecule has 4 heterocycles. The summed E-state index contributed by atoms with van der Waals surface area (Å²) in [5, 5.41) is 6.95. The topological polar surface area (TPSA) is 188 Å². The quantitative estimate of drug-likeness (QED) is 0.0786. The number of benzene rings is 2. The number of H-pyrrole nitrogens is 2. The Morgan fingerprint density at radius 3 is 2.20 bits per heavy atom. The zero-order valence-electron chi connectivity index (χ0n) is 35.8. The number of aromatic nitrogens is 5. The van der Waals surface area contributed by atoms with Crippen LogP contribution in [0.3, 0.4) is 0 Å². The van der Waals surface area contributed by atoms with Gasteiger partial charge >= 0.3 is 12.2 Å². The normalized spacial score (nSPS) is 16.5. The summed E-state index contributed by atoms with van der Waals surface area (Å²) in [6.07, 6.45) is 2.57. The van der Waals surface area contributed by atoms with Gasteiger partial charge in [0, 0.05) is 36.3 Å². The number of pyridine rings is 1. The summed E-state index contributed by atoms with van der Waals surface area (Å²) in [5.74, 6) is -0.255. The molecule has 3 aromatic heterocycles. The fraction of sp³-hybridized carbons (Fsp3) is 0.465. The lowest BCUT2D eigenvalue weighted by Crippen LogP contribution is -2.52. The molecule has 6 rings (SSSR count). The maximum Gasteiger partial charge on any atom is 0.407 e. The molecule has 4 N–H and O–H groups in total. The smallest absolute Gasteiger partial charge is 0.407 e. The van der Waals surface area contributed by atoms with E-state index in [4.69, 9.17) is 24.4 Å². The molecule has 0 bridgehead atoms. The van der Waals surface area contributed by atoms with Crippen LogP contribution in [0.2, 0.25) is 19.1 Å². The molecule has 0 unspecified atom stereocenters. The van der Waals surface area contributed by atoms with Crippen LogP contribution in [0.5, 0.6) is 0 Å². The van der Waals surface area contributed by atoms with E-state index in [0.717, 1.165) is 27.9 Å². The number of methoxy groups -OCH3 is 2. The Morgan fingerprint density at radius 2 is 1.57 bits per heavy atom. The largest absolute Gasteiger partial charge is 0.453 e. The molecule has 4 amide bonds. The van der Waals surface area contributed by atoms with Crippen molar-refractivity contribution in [2.24, 2.45) is 11.8 Å². The van der Waals surface area contributed by atoms with Gasteiger partial charge in [0.25, 0.3) is 0 Å². The second-order valence-corrected chi connectivity index (χ2v) is 22.0. The number of alkyl carbamates (subject to hydrolysis) is 2. The summed E-state index contributed by atoms with van der Waals surface area (Å²) in [6, 6.07) is 11.5. The number of nitrogens with zero attached hydrogens (tertiary/aromatic N) is 5. The Kier molecular flexibility index (Phi) is 13.7. The molecule has 1 aliphatic heterocycles. The second-order valence-electron chi connectivity index (χ2n) is 16.9. The molecule has 2 aromatic carbocycles. The summed E-state index contributed by atoms with van der Waals surface area (Å²) < 4.78 is 37.5. The van der Waals surface area contributed by atoms with E-state index in [-0.39, 0.29) is 36.8 Å². The van der Waals surface area contributed by atoms with Gasteiger partial charge in [-0.3, -0.25) is 19.0 Å². The van der Waals surface area contributed by atoms with Crippen molar-refractivity contribution >= 4 is 53.9 Å². The van der Waals surface area contributed by atoms with Gasteiger partial charge in [-0.05, 0) is 47.0 Å². The van der Waals surface area contributed by atoms with Crippen LogP contribution < -0.4 is 10.6 Å². The van der Waals surface area contributed by atoms with Crippen LogP contribution in [-0.2, 0) is 19.1 Å². The highest BCUT2D eigenvalue weighted by atomic mass is 28.3. The molecule has 18 heteroatoms. The lowest BCUT2D eigenvalue weighted by atomic mass is 10.0. The zero-order valence-corrected chi connectivity index (χ0v) is 36.8. The average Bonchev–Trinajstić information content (AvgIpc) is 3.99. The Hall–Kier alpha value is -5.91. The van der Waals surface area contributed by atoms with Crippen molar-refractivity contribution in [1.82, 2.24) is 45.4 Å². The predicted molar refractivity (Wildman–Crippen MR) is 231 cm³/mol. The van der Waals surface area contributed by atoms with Crippen LogP contribution in [0.1, 0.15) is 57.8 Å². The number of imidazole rings is 2. The van der Waals surface area contributed by atoms with Gasteiger partial charge in [0.1, 0.15) is 30.4 Å². The van der Waals surface area contributed by atoms with Crippen molar-refractivity contribution < 1.29 is 37.4 Å². The average molecular weight is 860 g/mol. The van der Waals surface area contributed by atoms with E-state index in [0.29, 0.717) is 40.2 Å². The number of alkyl halides is 2. The van der Waals surface area contributed by atoms with Gasteiger partial charge in [-0.25, -0.2) is 23.9 Å². The molecule has 15 nitrogen and oxygen atoms in total. The Labute approximate surface area is 354 Å². The predicted octanol–water partition coefficient (Wildman–Crippen LogP) is 7.26. The molecule has 326 valence electrons. The lowest BCUT2D eigenvalue weighted by molar-refractivity contribution is -0.137. The number of fused-ring (bicyclic) bond motifs is 3. The van der Waals surface area contributed by atoms with Crippen molar-refractivity contribution in [2.45, 2.75) is 77.4 Å². The highest BCUT2D eigenvalue weighted by Crippen LogP contribution is 2.38. The summed E-state index contributed by atoms with van der Waals surface area (Å²) in [4.78, 5) is 75.9. The van der Waals surface area contributed by atoms with E-state index in [2.05, 4.69) is 33.7 Å². The van der Waals surface area contributed by atoms with Crippen LogP contribution in [0.25, 0.3) is 44.3 Å². The molecule has 0 saturated carbocycles. The maximum absolute atomic E-state index is 14.1. The minimum atomic E-state index is -1.80. The minimum Gasteiger partial charge on any atom is -0.453 e. The van der Waals surface area contributed by atoms with Crippen molar-refractivity contribution in [2.75, 3.05) is 40.3 Å². The van der Waals surface area contributed by atoms with Crippen molar-refractivity contribution in [3.8, 4) is 22.5 Å². The summed E-state index contributed by atoms with van der Waals surface area (Å²) in [6.45, 7) is 9.77. The maximum atomic E-state index is 14.1. The number of aromatic amines is 2. The molecule has 0 aliphatic carbocycles. The minimum absolute atomic E-state index is 0.132. The van der Waals surface area contributed by atoms with Crippen LogP contribution in [-0.4, -0.2) is 119 Å². The Balaban J connectivity index is 1.23. The highest BCUT2D eigenvalue weighted by Gasteiger charge is 2.46. The van der Waals surface area contributed by atoms with E-state index in [1.54, 1.807) is 26.2 Å². The van der Waals surface area contributed by atoms with E-state index >= 15 is 0 Å². The van der Waals surface area contributed by atoms with Crippen LogP contribution >= 0.6 is 0 Å². The number of nitrogens with one attached hydrogen (secondary N) is 4. The third-order valence-corrected chi connectivity index (χ3v) is 13.9. The Morgan fingerprint density at radius 1 is 0.885 bits per heavy atom. The van der Waals surface area contributed by atoms with E-state index in [1.807, 2.05) is 61.2 Å². The number of rotatable bonds is 15. The van der Waals surface area contributed by atoms with Crippen molar-refractivity contribution in [3.05, 3.63) is 66.5 Å². The molecule has 0 radical (unpaired) electrons.